The van der Waals surface area contributed by atoms with Crippen molar-refractivity contribution in [2.24, 2.45) is 5.73 Å². The van der Waals surface area contributed by atoms with Gasteiger partial charge >= 0.3 is 0 Å². The van der Waals surface area contributed by atoms with Crippen LogP contribution in [0.15, 0.2) is 55.0 Å². The topological polar surface area (TPSA) is 125 Å². The SMILES string of the molecule is NC1CN(c2cncc(-c3ccc4[nH]nc(-c5nc6c(-c7ccc(F)s7)nccc6[nH]5)c4c3)n2)C1. The Kier molecular flexibility index (Phi) is 4.41. The first kappa shape index (κ1) is 20.2. The number of halogens is 1. The Hall–Kier alpha value is -4.22. The quantitative estimate of drug-likeness (QED) is 0.346. The molecule has 172 valence electrons. The summed E-state index contributed by atoms with van der Waals surface area (Å²) in [6.45, 7) is 1.56. The number of hydrogen-bond donors (Lipinski definition) is 3. The molecule has 0 spiro atoms. The Labute approximate surface area is 201 Å². The number of nitrogens with zero attached hydrogens (tertiary/aromatic N) is 6. The number of pyridine rings is 1. The summed E-state index contributed by atoms with van der Waals surface area (Å²) in [5, 5.41) is 8.24. The maximum Gasteiger partial charge on any atom is 0.177 e. The van der Waals surface area contributed by atoms with Gasteiger partial charge < -0.3 is 15.6 Å². The molecular formula is C24H18FN9S. The minimum Gasteiger partial charge on any atom is -0.352 e. The fourth-order valence-corrected chi connectivity index (χ4v) is 5.10. The molecule has 1 aliphatic heterocycles. The van der Waals surface area contributed by atoms with Crippen LogP contribution in [0.5, 0.6) is 0 Å². The molecule has 0 atom stereocenters. The lowest BCUT2D eigenvalue weighted by Crippen LogP contribution is -2.56. The van der Waals surface area contributed by atoms with Gasteiger partial charge in [-0.25, -0.2) is 9.97 Å². The highest BCUT2D eigenvalue weighted by Gasteiger charge is 2.25. The van der Waals surface area contributed by atoms with E-state index < -0.39 is 0 Å². The van der Waals surface area contributed by atoms with Gasteiger partial charge in [-0.15, -0.1) is 11.3 Å². The van der Waals surface area contributed by atoms with Gasteiger partial charge in [-0.3, -0.25) is 15.1 Å². The molecule has 0 radical (unpaired) electrons. The monoisotopic (exact) mass is 483 g/mol. The van der Waals surface area contributed by atoms with Crippen LogP contribution in [0, 0.1) is 5.13 Å². The molecule has 6 heterocycles. The molecular weight excluding hydrogens is 465 g/mol. The largest absolute Gasteiger partial charge is 0.352 e. The standard InChI is InChI=1S/C24H18FN9S/c25-19-4-3-18(35-19)23-22-16(5-6-28-23)30-24(31-22)21-14-7-12(1-2-15(14)32-33-21)17-8-27-9-20(29-17)34-10-13(26)11-34/h1-9,13H,10-11,26H2,(H,30,31)(H,32,33). The number of nitrogens with one attached hydrogen (secondary N) is 2. The van der Waals surface area contributed by atoms with Crippen molar-refractivity contribution in [3.8, 4) is 33.3 Å². The van der Waals surface area contributed by atoms with E-state index in [-0.39, 0.29) is 11.2 Å². The maximum atomic E-state index is 13.6. The molecule has 7 rings (SSSR count). The molecule has 0 bridgehead atoms. The number of rotatable bonds is 4. The van der Waals surface area contributed by atoms with Crippen LogP contribution in [0.25, 0.3) is 55.3 Å². The summed E-state index contributed by atoms with van der Waals surface area (Å²) in [5.41, 5.74) is 11.3. The van der Waals surface area contributed by atoms with E-state index in [0.717, 1.165) is 62.8 Å². The first-order valence-electron chi connectivity index (χ1n) is 11.0. The van der Waals surface area contributed by atoms with E-state index in [0.29, 0.717) is 22.7 Å². The summed E-state index contributed by atoms with van der Waals surface area (Å²) in [7, 11) is 0. The average Bonchev–Trinajstić information content (AvgIpc) is 3.59. The molecule has 11 heteroatoms. The van der Waals surface area contributed by atoms with Crippen molar-refractivity contribution >= 4 is 39.1 Å². The van der Waals surface area contributed by atoms with Crippen LogP contribution in [0.3, 0.4) is 0 Å². The van der Waals surface area contributed by atoms with Crippen LogP contribution in [-0.2, 0) is 0 Å². The molecule has 9 nitrogen and oxygen atoms in total. The predicted octanol–water partition coefficient (Wildman–Crippen LogP) is 3.97. The number of anilines is 1. The Balaban J connectivity index is 1.31. The van der Waals surface area contributed by atoms with Gasteiger partial charge in [-0.2, -0.15) is 9.49 Å². The second-order valence-corrected chi connectivity index (χ2v) is 9.54. The third-order valence-corrected chi connectivity index (χ3v) is 7.03. The molecule has 0 saturated carbocycles. The number of imidazole rings is 1. The molecule has 1 saturated heterocycles. The number of benzene rings is 1. The van der Waals surface area contributed by atoms with Crippen molar-refractivity contribution in [3.63, 3.8) is 0 Å². The maximum absolute atomic E-state index is 13.6. The van der Waals surface area contributed by atoms with Crippen LogP contribution in [0.4, 0.5) is 10.2 Å². The van der Waals surface area contributed by atoms with E-state index in [2.05, 4.69) is 30.0 Å². The summed E-state index contributed by atoms with van der Waals surface area (Å²) >= 11 is 1.05. The summed E-state index contributed by atoms with van der Waals surface area (Å²) in [4.78, 5) is 24.6. The normalized spacial score (nSPS) is 14.2. The minimum atomic E-state index is -0.260. The first-order valence-corrected chi connectivity index (χ1v) is 11.9. The smallest absolute Gasteiger partial charge is 0.177 e. The van der Waals surface area contributed by atoms with Gasteiger partial charge in [0.2, 0.25) is 0 Å². The van der Waals surface area contributed by atoms with Gasteiger partial charge in [0.1, 0.15) is 22.7 Å². The van der Waals surface area contributed by atoms with Gasteiger partial charge in [-0.05, 0) is 30.3 Å². The fraction of sp³-hybridized carbons (Fsp3) is 0.125. The second kappa shape index (κ2) is 7.65. The third-order valence-electron chi connectivity index (χ3n) is 6.15. The molecule has 1 fully saturated rings. The van der Waals surface area contributed by atoms with Crippen molar-refractivity contribution in [3.05, 3.63) is 60.1 Å². The lowest BCUT2D eigenvalue weighted by Gasteiger charge is -2.37. The van der Waals surface area contributed by atoms with Gasteiger partial charge in [0, 0.05) is 36.3 Å². The zero-order valence-corrected chi connectivity index (χ0v) is 19.1. The molecule has 1 aliphatic rings. The van der Waals surface area contributed by atoms with E-state index in [4.69, 9.17) is 15.7 Å². The van der Waals surface area contributed by atoms with Gasteiger partial charge in [-0.1, -0.05) is 6.07 Å². The van der Waals surface area contributed by atoms with Crippen molar-refractivity contribution < 1.29 is 4.39 Å². The zero-order chi connectivity index (χ0) is 23.5. The van der Waals surface area contributed by atoms with Crippen molar-refractivity contribution in [1.29, 1.82) is 0 Å². The molecule has 0 aliphatic carbocycles. The number of aromatic amines is 2. The third kappa shape index (κ3) is 3.35. The van der Waals surface area contributed by atoms with E-state index in [9.17, 15) is 4.39 Å². The Morgan fingerprint density at radius 1 is 1.03 bits per heavy atom. The Morgan fingerprint density at radius 3 is 2.77 bits per heavy atom. The fourth-order valence-electron chi connectivity index (χ4n) is 4.37. The van der Waals surface area contributed by atoms with Crippen molar-refractivity contribution in [1.82, 2.24) is 35.1 Å². The first-order chi connectivity index (χ1) is 17.1. The molecule has 35 heavy (non-hydrogen) atoms. The van der Waals surface area contributed by atoms with Crippen LogP contribution >= 0.6 is 11.3 Å². The summed E-state index contributed by atoms with van der Waals surface area (Å²) in [6, 6.07) is 11.2. The van der Waals surface area contributed by atoms with Gasteiger partial charge in [0.05, 0.1) is 34.0 Å². The molecule has 0 unspecified atom stereocenters. The van der Waals surface area contributed by atoms with Gasteiger partial charge in [0.25, 0.3) is 0 Å². The zero-order valence-electron chi connectivity index (χ0n) is 18.2. The highest BCUT2D eigenvalue weighted by Crippen LogP contribution is 2.34. The van der Waals surface area contributed by atoms with Crippen molar-refractivity contribution in [2.75, 3.05) is 18.0 Å². The lowest BCUT2D eigenvalue weighted by molar-refractivity contribution is 0.514. The summed E-state index contributed by atoms with van der Waals surface area (Å²) in [6.07, 6.45) is 5.20. The highest BCUT2D eigenvalue weighted by atomic mass is 32.1. The molecule has 0 amide bonds. The number of fused-ring (bicyclic) bond motifs is 2. The average molecular weight is 484 g/mol. The van der Waals surface area contributed by atoms with Crippen LogP contribution in [0.1, 0.15) is 0 Å². The minimum absolute atomic E-state index is 0.184. The molecule has 5 aromatic heterocycles. The number of hydrogen-bond acceptors (Lipinski definition) is 8. The molecule has 4 N–H and O–H groups in total. The lowest BCUT2D eigenvalue weighted by atomic mass is 10.1. The van der Waals surface area contributed by atoms with Gasteiger partial charge in [0.15, 0.2) is 11.0 Å². The van der Waals surface area contributed by atoms with E-state index in [1.165, 1.54) is 6.07 Å². The summed E-state index contributed by atoms with van der Waals surface area (Å²) in [5.74, 6) is 1.42. The number of nitrogens with two attached hydrogens (primary N) is 1. The number of aromatic nitrogens is 7. The Morgan fingerprint density at radius 2 is 1.94 bits per heavy atom. The van der Waals surface area contributed by atoms with Crippen LogP contribution < -0.4 is 10.6 Å². The second-order valence-electron chi connectivity index (χ2n) is 8.51. The van der Waals surface area contributed by atoms with Crippen molar-refractivity contribution in [2.45, 2.75) is 6.04 Å². The molecule has 1 aromatic carbocycles. The Bertz CT molecular complexity index is 1710. The number of H-pyrrole nitrogens is 2. The number of thiophene rings is 1. The molecule has 6 aromatic rings. The summed E-state index contributed by atoms with van der Waals surface area (Å²) < 4.78 is 13.6. The van der Waals surface area contributed by atoms with E-state index in [1.807, 2.05) is 24.3 Å². The van der Waals surface area contributed by atoms with Crippen LogP contribution in [-0.4, -0.2) is 54.2 Å². The van der Waals surface area contributed by atoms with E-state index in [1.54, 1.807) is 24.7 Å². The van der Waals surface area contributed by atoms with E-state index >= 15 is 0 Å². The van der Waals surface area contributed by atoms with Crippen LogP contribution in [0.2, 0.25) is 0 Å². The predicted molar refractivity (Wildman–Crippen MR) is 133 cm³/mol. The highest BCUT2D eigenvalue weighted by molar-refractivity contribution is 7.13.